The molecule has 1 aromatic heterocycles. The van der Waals surface area contributed by atoms with E-state index in [2.05, 4.69) is 242 Å². The van der Waals surface area contributed by atoms with Gasteiger partial charge in [-0.15, -0.1) is 0 Å². The van der Waals surface area contributed by atoms with E-state index in [9.17, 15) is 0 Å². The van der Waals surface area contributed by atoms with Crippen LogP contribution in [0, 0.1) is 6.92 Å². The molecule has 0 aliphatic heterocycles. The Balaban J connectivity index is 1.01. The number of nitrogens with zero attached hydrogens (tertiary/aromatic N) is 1. The number of para-hydroxylation sites is 1. The molecule has 2 spiro atoms. The van der Waals surface area contributed by atoms with Crippen LogP contribution in [0.3, 0.4) is 0 Å². The third-order valence-electron chi connectivity index (χ3n) is 16.4. The van der Waals surface area contributed by atoms with Crippen molar-refractivity contribution in [3.8, 4) is 44.5 Å². The van der Waals surface area contributed by atoms with Crippen molar-refractivity contribution in [1.82, 2.24) is 0 Å². The van der Waals surface area contributed by atoms with Crippen molar-refractivity contribution in [3.63, 3.8) is 0 Å². The second kappa shape index (κ2) is 13.2. The van der Waals surface area contributed by atoms with Gasteiger partial charge in [-0.3, -0.25) is 0 Å². The molecular weight excluding hydrogens is 835 g/mol. The minimum Gasteiger partial charge on any atom is -0.454 e. The van der Waals surface area contributed by atoms with Gasteiger partial charge in [0.2, 0.25) is 0 Å². The quantitative estimate of drug-likeness (QED) is 0.176. The van der Waals surface area contributed by atoms with Crippen LogP contribution in [0.25, 0.3) is 77.2 Å². The summed E-state index contributed by atoms with van der Waals surface area (Å²) in [6.45, 7) is 2.18. The van der Waals surface area contributed by atoms with E-state index < -0.39 is 10.8 Å². The fraction of sp³-hybridized carbons (Fsp3) is 0.0448. The first-order chi connectivity index (χ1) is 34.2. The van der Waals surface area contributed by atoms with Crippen molar-refractivity contribution in [2.24, 2.45) is 0 Å². The Kier molecular flexibility index (Phi) is 7.18. The third kappa shape index (κ3) is 4.48. The highest BCUT2D eigenvalue weighted by atomic mass is 16.3. The van der Waals surface area contributed by atoms with Crippen LogP contribution in [-0.4, -0.2) is 0 Å². The Morgan fingerprint density at radius 1 is 0.319 bits per heavy atom. The van der Waals surface area contributed by atoms with Gasteiger partial charge in [-0.05, 0) is 149 Å². The molecule has 0 bridgehead atoms. The number of hydrogen-bond acceptors (Lipinski definition) is 2. The summed E-state index contributed by atoms with van der Waals surface area (Å²) in [5.74, 6) is 0. The molecule has 0 unspecified atom stereocenters. The summed E-state index contributed by atoms with van der Waals surface area (Å²) in [5.41, 5.74) is 26.0. The van der Waals surface area contributed by atoms with Crippen LogP contribution in [0.5, 0.6) is 0 Å². The van der Waals surface area contributed by atoms with Crippen LogP contribution in [0.2, 0.25) is 0 Å². The highest BCUT2D eigenvalue weighted by molar-refractivity contribution is 6.22. The van der Waals surface area contributed by atoms with Crippen LogP contribution in [0.15, 0.2) is 235 Å². The van der Waals surface area contributed by atoms with Crippen molar-refractivity contribution in [3.05, 3.63) is 281 Å². The predicted octanol–water partition coefficient (Wildman–Crippen LogP) is 17.2. The smallest absolute Gasteiger partial charge is 0.159 e. The average Bonchev–Trinajstić information content (AvgIpc) is 4.18. The van der Waals surface area contributed by atoms with Crippen molar-refractivity contribution >= 4 is 49.8 Å². The molecule has 2 heteroatoms. The van der Waals surface area contributed by atoms with Gasteiger partial charge in [0.1, 0.15) is 5.58 Å². The maximum absolute atomic E-state index is 7.26. The van der Waals surface area contributed by atoms with Crippen LogP contribution in [0.4, 0.5) is 17.1 Å². The molecule has 12 aromatic rings. The lowest BCUT2D eigenvalue weighted by Crippen LogP contribution is -2.26. The van der Waals surface area contributed by atoms with Gasteiger partial charge in [0, 0.05) is 22.1 Å². The highest BCUT2D eigenvalue weighted by Gasteiger charge is 2.53. The maximum Gasteiger partial charge on any atom is 0.159 e. The predicted molar refractivity (Wildman–Crippen MR) is 283 cm³/mol. The Morgan fingerprint density at radius 3 is 1.14 bits per heavy atom. The van der Waals surface area contributed by atoms with Crippen LogP contribution in [0.1, 0.15) is 50.1 Å². The zero-order valence-electron chi connectivity index (χ0n) is 37.8. The first kappa shape index (κ1) is 37.4. The average molecular weight is 876 g/mol. The maximum atomic E-state index is 7.26. The van der Waals surface area contributed by atoms with E-state index in [4.69, 9.17) is 4.42 Å². The molecule has 0 amide bonds. The van der Waals surface area contributed by atoms with Gasteiger partial charge in [-0.25, -0.2) is 0 Å². The fourth-order valence-corrected chi connectivity index (χ4v) is 13.8. The molecule has 0 radical (unpaired) electrons. The lowest BCUT2D eigenvalue weighted by atomic mass is 9.70. The summed E-state index contributed by atoms with van der Waals surface area (Å²) in [4.78, 5) is 2.50. The lowest BCUT2D eigenvalue weighted by molar-refractivity contribution is 0.666. The minimum atomic E-state index is -0.497. The van der Waals surface area contributed by atoms with Crippen LogP contribution < -0.4 is 4.90 Å². The zero-order chi connectivity index (χ0) is 45.2. The largest absolute Gasteiger partial charge is 0.454 e. The van der Waals surface area contributed by atoms with Crippen molar-refractivity contribution in [2.45, 2.75) is 17.8 Å². The molecule has 1 heterocycles. The molecule has 4 aliphatic rings. The molecule has 16 rings (SSSR count). The zero-order valence-corrected chi connectivity index (χ0v) is 37.8. The second-order valence-electron chi connectivity index (χ2n) is 19.4. The molecule has 4 aliphatic carbocycles. The summed E-state index contributed by atoms with van der Waals surface area (Å²) >= 11 is 0. The number of anilines is 3. The molecule has 0 N–H and O–H groups in total. The van der Waals surface area contributed by atoms with E-state index in [1.165, 1.54) is 99.8 Å². The first-order valence-electron chi connectivity index (χ1n) is 24.2. The van der Waals surface area contributed by atoms with Gasteiger partial charge in [0.15, 0.2) is 5.58 Å². The van der Waals surface area contributed by atoms with E-state index in [1.807, 2.05) is 0 Å². The standard InChI is InChI=1S/C67H41NO/c1-40-37-41-17-2-3-18-44(41)63-53-25-16-32-62(65(53)69-64(40)63)68(42-33-35-51-49-23-8-14-30-58(49)66(60(51)38-42)54-26-10-4-19-45(54)46-20-5-11-27-55(46)66)43-34-36-52-50-24-9-15-31-59(50)67(61(52)39-43)56-28-12-6-21-47(56)48-22-7-13-29-57(48)67/h2-39H,1H3. The second-order valence-corrected chi connectivity index (χ2v) is 19.4. The molecule has 320 valence electrons. The Labute approximate surface area is 400 Å². The number of furan rings is 1. The normalized spacial score (nSPS) is 14.4. The van der Waals surface area contributed by atoms with E-state index >= 15 is 0 Å². The first-order valence-corrected chi connectivity index (χ1v) is 24.2. The minimum absolute atomic E-state index is 0.497. The number of hydrogen-bond donors (Lipinski definition) is 0. The molecule has 0 saturated carbocycles. The molecule has 2 nitrogen and oxygen atoms in total. The van der Waals surface area contributed by atoms with Crippen molar-refractivity contribution < 1.29 is 4.42 Å². The molecular formula is C67H41NO. The van der Waals surface area contributed by atoms with Crippen LogP contribution >= 0.6 is 0 Å². The Morgan fingerprint density at radius 2 is 0.696 bits per heavy atom. The lowest BCUT2D eigenvalue weighted by Gasteiger charge is -2.33. The number of rotatable bonds is 3. The van der Waals surface area contributed by atoms with Gasteiger partial charge >= 0.3 is 0 Å². The highest BCUT2D eigenvalue weighted by Crippen LogP contribution is 2.65. The van der Waals surface area contributed by atoms with Crippen LogP contribution in [-0.2, 0) is 10.8 Å². The summed E-state index contributed by atoms with van der Waals surface area (Å²) in [7, 11) is 0. The SMILES string of the molecule is Cc1cc2ccccc2c2c1oc1c(N(c3ccc4c(c3)C3(c5ccccc5-c5ccccc53)c3ccccc3-4)c3ccc4c(c3)C3(c5ccccc5-c5ccccc53)c3ccccc3-4)cccc12. The van der Waals surface area contributed by atoms with Crippen molar-refractivity contribution in [1.29, 1.82) is 0 Å². The number of aryl methyl sites for hydroxylation is 1. The number of fused-ring (bicyclic) bond motifs is 25. The number of benzene rings is 11. The molecule has 0 saturated heterocycles. The van der Waals surface area contributed by atoms with E-state index in [1.54, 1.807) is 0 Å². The van der Waals surface area contributed by atoms with Gasteiger partial charge < -0.3 is 9.32 Å². The fourth-order valence-electron chi connectivity index (χ4n) is 13.8. The van der Waals surface area contributed by atoms with Gasteiger partial charge in [-0.1, -0.05) is 194 Å². The summed E-state index contributed by atoms with van der Waals surface area (Å²) < 4.78 is 7.26. The molecule has 69 heavy (non-hydrogen) atoms. The summed E-state index contributed by atoms with van der Waals surface area (Å²) in [6, 6.07) is 86.7. The van der Waals surface area contributed by atoms with Gasteiger partial charge in [-0.2, -0.15) is 0 Å². The molecule has 0 fully saturated rings. The van der Waals surface area contributed by atoms with Crippen molar-refractivity contribution in [2.75, 3.05) is 4.90 Å². The summed E-state index contributed by atoms with van der Waals surface area (Å²) in [6.07, 6.45) is 0. The Bertz CT molecular complexity index is 3920. The van der Waals surface area contributed by atoms with E-state index in [0.29, 0.717) is 0 Å². The van der Waals surface area contributed by atoms with Gasteiger partial charge in [0.25, 0.3) is 0 Å². The molecule has 11 aromatic carbocycles. The monoisotopic (exact) mass is 875 g/mol. The Hall–Kier alpha value is -8.72. The van der Waals surface area contributed by atoms with E-state index in [-0.39, 0.29) is 0 Å². The third-order valence-corrected chi connectivity index (χ3v) is 16.4. The van der Waals surface area contributed by atoms with E-state index in [0.717, 1.165) is 44.6 Å². The topological polar surface area (TPSA) is 16.4 Å². The summed E-state index contributed by atoms with van der Waals surface area (Å²) in [5, 5.41) is 4.69. The van der Waals surface area contributed by atoms with Gasteiger partial charge in [0.05, 0.1) is 16.5 Å². The molecule has 0 atom stereocenters.